The third-order valence-electron chi connectivity index (χ3n) is 5.75. The highest BCUT2D eigenvalue weighted by molar-refractivity contribution is 7.18. The van der Waals surface area contributed by atoms with Crippen molar-refractivity contribution in [1.29, 1.82) is 0 Å². The second-order valence-corrected chi connectivity index (χ2v) is 9.82. The number of ketones is 1. The minimum Gasteiger partial charge on any atom is -0.496 e. The first kappa shape index (κ1) is 22.9. The summed E-state index contributed by atoms with van der Waals surface area (Å²) < 4.78 is 17.3. The van der Waals surface area contributed by atoms with Gasteiger partial charge in [0.05, 0.1) is 32.3 Å². The van der Waals surface area contributed by atoms with Crippen LogP contribution in [0.5, 0.6) is 11.6 Å². The SMILES string of the molecule is COc1ccc(C(C)=O)cc1COc1nc(CN2CCOCC2)nc2scc(-c3cccs3)c12. The molecular weight excluding hydrogens is 470 g/mol. The van der Waals surface area contributed by atoms with Crippen molar-refractivity contribution in [2.24, 2.45) is 0 Å². The van der Waals surface area contributed by atoms with Gasteiger partial charge in [-0.05, 0) is 36.6 Å². The molecule has 34 heavy (non-hydrogen) atoms. The highest BCUT2D eigenvalue weighted by Crippen LogP contribution is 2.40. The third-order valence-corrected chi connectivity index (χ3v) is 7.53. The predicted molar refractivity (Wildman–Crippen MR) is 134 cm³/mol. The number of carbonyl (C=O) groups excluding carboxylic acids is 1. The van der Waals surface area contributed by atoms with Gasteiger partial charge in [0.25, 0.3) is 0 Å². The van der Waals surface area contributed by atoms with Crippen LogP contribution < -0.4 is 9.47 Å². The van der Waals surface area contributed by atoms with Crippen molar-refractivity contribution >= 4 is 38.7 Å². The zero-order chi connectivity index (χ0) is 23.5. The van der Waals surface area contributed by atoms with Crippen molar-refractivity contribution in [2.45, 2.75) is 20.1 Å². The second kappa shape index (κ2) is 10.2. The summed E-state index contributed by atoms with van der Waals surface area (Å²) in [6.07, 6.45) is 0. The molecule has 1 saturated heterocycles. The molecule has 9 heteroatoms. The van der Waals surface area contributed by atoms with Crippen LogP contribution in [0.15, 0.2) is 41.1 Å². The van der Waals surface area contributed by atoms with E-state index in [1.165, 1.54) is 0 Å². The fourth-order valence-electron chi connectivity index (χ4n) is 3.96. The van der Waals surface area contributed by atoms with Gasteiger partial charge >= 0.3 is 0 Å². The van der Waals surface area contributed by atoms with Gasteiger partial charge in [-0.15, -0.1) is 22.7 Å². The van der Waals surface area contributed by atoms with Crippen molar-refractivity contribution < 1.29 is 19.0 Å². The lowest BCUT2D eigenvalue weighted by Gasteiger charge is -2.25. The van der Waals surface area contributed by atoms with E-state index in [0.717, 1.165) is 58.3 Å². The quantitative estimate of drug-likeness (QED) is 0.317. The zero-order valence-electron chi connectivity index (χ0n) is 19.1. The minimum atomic E-state index is -0.000979. The van der Waals surface area contributed by atoms with E-state index in [2.05, 4.69) is 21.7 Å². The summed E-state index contributed by atoms with van der Waals surface area (Å²) in [5, 5.41) is 5.10. The Bertz CT molecular complexity index is 1300. The van der Waals surface area contributed by atoms with Crippen LogP contribution in [0.25, 0.3) is 20.7 Å². The Morgan fingerprint density at radius 2 is 2.03 bits per heavy atom. The second-order valence-electron chi connectivity index (χ2n) is 8.01. The maximum atomic E-state index is 11.9. The Morgan fingerprint density at radius 3 is 2.76 bits per heavy atom. The normalized spacial score (nSPS) is 14.4. The molecule has 5 rings (SSSR count). The number of benzene rings is 1. The summed E-state index contributed by atoms with van der Waals surface area (Å²) in [7, 11) is 1.61. The molecule has 1 aliphatic heterocycles. The molecule has 0 bridgehead atoms. The molecule has 0 radical (unpaired) electrons. The molecule has 1 fully saturated rings. The van der Waals surface area contributed by atoms with Crippen LogP contribution in [-0.2, 0) is 17.9 Å². The summed E-state index contributed by atoms with van der Waals surface area (Å²) in [6, 6.07) is 9.52. The van der Waals surface area contributed by atoms with Gasteiger partial charge in [-0.3, -0.25) is 9.69 Å². The molecule has 0 saturated carbocycles. The third kappa shape index (κ3) is 4.83. The first-order valence-corrected chi connectivity index (χ1v) is 12.8. The van der Waals surface area contributed by atoms with Gasteiger partial charge in [0.2, 0.25) is 5.88 Å². The predicted octanol–water partition coefficient (Wildman–Crippen LogP) is 5.04. The molecule has 0 amide bonds. The molecule has 0 unspecified atom stereocenters. The van der Waals surface area contributed by atoms with Crippen LogP contribution in [0.3, 0.4) is 0 Å². The highest BCUT2D eigenvalue weighted by Gasteiger charge is 2.20. The van der Waals surface area contributed by atoms with E-state index in [0.29, 0.717) is 23.7 Å². The summed E-state index contributed by atoms with van der Waals surface area (Å²) in [6.45, 7) is 5.59. The summed E-state index contributed by atoms with van der Waals surface area (Å²) in [5.41, 5.74) is 2.49. The molecule has 0 atom stereocenters. The lowest BCUT2D eigenvalue weighted by atomic mass is 10.1. The highest BCUT2D eigenvalue weighted by atomic mass is 32.1. The Kier molecular flexibility index (Phi) is 6.87. The van der Waals surface area contributed by atoms with Crippen molar-refractivity contribution in [3.05, 3.63) is 58.0 Å². The smallest absolute Gasteiger partial charge is 0.226 e. The van der Waals surface area contributed by atoms with E-state index in [1.807, 2.05) is 12.1 Å². The van der Waals surface area contributed by atoms with Crippen LogP contribution in [0.4, 0.5) is 0 Å². The average Bonchev–Trinajstić information content (AvgIpc) is 3.53. The number of fused-ring (bicyclic) bond motifs is 1. The van der Waals surface area contributed by atoms with E-state index >= 15 is 0 Å². The van der Waals surface area contributed by atoms with Crippen LogP contribution in [-0.4, -0.2) is 54.1 Å². The van der Waals surface area contributed by atoms with E-state index in [1.54, 1.807) is 48.8 Å². The van der Waals surface area contributed by atoms with Gasteiger partial charge in [-0.2, -0.15) is 4.98 Å². The van der Waals surface area contributed by atoms with Crippen molar-refractivity contribution in [3.8, 4) is 22.1 Å². The number of methoxy groups -OCH3 is 1. The number of hydrogen-bond donors (Lipinski definition) is 0. The number of nitrogens with zero attached hydrogens (tertiary/aromatic N) is 3. The summed E-state index contributed by atoms with van der Waals surface area (Å²) in [4.78, 5) is 26.0. The molecule has 4 aromatic rings. The van der Waals surface area contributed by atoms with Crippen molar-refractivity contribution in [3.63, 3.8) is 0 Å². The van der Waals surface area contributed by atoms with E-state index in [9.17, 15) is 4.79 Å². The van der Waals surface area contributed by atoms with Gasteiger partial charge < -0.3 is 14.2 Å². The molecule has 0 spiro atoms. The number of carbonyl (C=O) groups is 1. The maximum Gasteiger partial charge on any atom is 0.226 e. The van der Waals surface area contributed by atoms with E-state index in [4.69, 9.17) is 24.2 Å². The molecule has 0 N–H and O–H groups in total. The molecule has 4 heterocycles. The summed E-state index contributed by atoms with van der Waals surface area (Å²) in [5.74, 6) is 1.95. The molecule has 176 valence electrons. The minimum absolute atomic E-state index is 0.000979. The molecular formula is C25H25N3O4S2. The van der Waals surface area contributed by atoms with Crippen LogP contribution in [0.2, 0.25) is 0 Å². The molecule has 1 aliphatic rings. The standard InChI is InChI=1S/C25H25N3O4S2/c1-16(29)17-5-6-20(30-2)18(12-17)14-32-24-23-19(21-4-3-11-33-21)15-34-25(23)27-22(26-24)13-28-7-9-31-10-8-28/h3-6,11-12,15H,7-10,13-14H2,1-2H3. The fourth-order valence-corrected chi connectivity index (χ4v) is 5.73. The zero-order valence-corrected chi connectivity index (χ0v) is 20.7. The van der Waals surface area contributed by atoms with Crippen LogP contribution in [0.1, 0.15) is 28.7 Å². The summed E-state index contributed by atoms with van der Waals surface area (Å²) >= 11 is 3.28. The molecule has 0 aliphatic carbocycles. The number of Topliss-reactive ketones (excluding diaryl/α,β-unsaturated/α-hetero) is 1. The number of aromatic nitrogens is 2. The van der Waals surface area contributed by atoms with Crippen molar-refractivity contribution in [1.82, 2.24) is 14.9 Å². The Balaban J connectivity index is 1.52. The van der Waals surface area contributed by atoms with Gasteiger partial charge in [-0.25, -0.2) is 4.98 Å². The largest absolute Gasteiger partial charge is 0.496 e. The Morgan fingerprint density at radius 1 is 1.18 bits per heavy atom. The number of ether oxygens (including phenoxy) is 3. The first-order chi connectivity index (χ1) is 16.6. The van der Waals surface area contributed by atoms with Gasteiger partial charge in [0.1, 0.15) is 23.0 Å². The lowest BCUT2D eigenvalue weighted by molar-refractivity contribution is 0.0330. The van der Waals surface area contributed by atoms with Crippen molar-refractivity contribution in [2.75, 3.05) is 33.4 Å². The lowest BCUT2D eigenvalue weighted by Crippen LogP contribution is -2.36. The molecule has 7 nitrogen and oxygen atoms in total. The average molecular weight is 496 g/mol. The fraction of sp³-hybridized carbons (Fsp3) is 0.320. The number of rotatable bonds is 8. The monoisotopic (exact) mass is 495 g/mol. The molecule has 3 aromatic heterocycles. The van der Waals surface area contributed by atoms with Crippen LogP contribution in [0, 0.1) is 0 Å². The Labute approximate surface area is 205 Å². The molecule has 1 aromatic carbocycles. The first-order valence-electron chi connectivity index (χ1n) is 11.0. The van der Waals surface area contributed by atoms with E-state index < -0.39 is 0 Å². The number of thiophene rings is 2. The van der Waals surface area contributed by atoms with Gasteiger partial charge in [-0.1, -0.05) is 6.07 Å². The van der Waals surface area contributed by atoms with Gasteiger partial charge in [0.15, 0.2) is 5.78 Å². The topological polar surface area (TPSA) is 73.8 Å². The number of morpholine rings is 1. The Hall–Kier alpha value is -2.85. The number of hydrogen-bond acceptors (Lipinski definition) is 9. The maximum absolute atomic E-state index is 11.9. The van der Waals surface area contributed by atoms with E-state index in [-0.39, 0.29) is 12.4 Å². The van der Waals surface area contributed by atoms with Crippen LogP contribution >= 0.6 is 22.7 Å². The van der Waals surface area contributed by atoms with Gasteiger partial charge in [0, 0.05) is 40.0 Å².